The van der Waals surface area contributed by atoms with Gasteiger partial charge >= 0.3 is 5.97 Å². The lowest BCUT2D eigenvalue weighted by atomic mass is 10.0. The predicted molar refractivity (Wildman–Crippen MR) is 123 cm³/mol. The van der Waals surface area contributed by atoms with Gasteiger partial charge in [0.05, 0.1) is 25.2 Å². The van der Waals surface area contributed by atoms with Crippen molar-refractivity contribution in [1.29, 1.82) is 0 Å². The third kappa shape index (κ3) is 4.72. The third-order valence-electron chi connectivity index (χ3n) is 5.46. The van der Waals surface area contributed by atoms with E-state index >= 15 is 0 Å². The van der Waals surface area contributed by atoms with E-state index < -0.39 is 52.3 Å². The fourth-order valence-electron chi connectivity index (χ4n) is 3.49. The number of halogens is 5. The molecule has 0 radical (unpaired) electrons. The second kappa shape index (κ2) is 10.4. The molecule has 12 heteroatoms. The molecule has 198 valence electrons. The first kappa shape index (κ1) is 26.5. The normalized spacial score (nSPS) is 11.8. The van der Waals surface area contributed by atoms with E-state index in [0.717, 1.165) is 6.92 Å². The van der Waals surface area contributed by atoms with Gasteiger partial charge in [0.1, 0.15) is 17.6 Å². The third-order valence-corrected chi connectivity index (χ3v) is 5.46. The second-order valence-electron chi connectivity index (χ2n) is 7.79. The number of hydrogen-bond donors (Lipinski definition) is 0. The second-order valence-corrected chi connectivity index (χ2v) is 7.79. The van der Waals surface area contributed by atoms with Crippen LogP contribution >= 0.6 is 0 Å². The highest BCUT2D eigenvalue weighted by Gasteiger charge is 2.30. The van der Waals surface area contributed by atoms with Crippen LogP contribution in [0.5, 0.6) is 23.0 Å². The maximum atomic E-state index is 13.8. The van der Waals surface area contributed by atoms with E-state index in [0.29, 0.717) is 17.1 Å². The van der Waals surface area contributed by atoms with Gasteiger partial charge in [-0.05, 0) is 36.8 Å². The smallest absolute Gasteiger partial charge is 0.352 e. The van der Waals surface area contributed by atoms with Crippen LogP contribution in [0.2, 0.25) is 0 Å². The molecule has 0 aliphatic heterocycles. The van der Waals surface area contributed by atoms with Crippen molar-refractivity contribution in [2.45, 2.75) is 13.0 Å². The molecule has 0 saturated heterocycles. The predicted octanol–water partition coefficient (Wildman–Crippen LogP) is 5.55. The summed E-state index contributed by atoms with van der Waals surface area (Å²) in [5.74, 6) is -13.4. The van der Waals surface area contributed by atoms with Crippen molar-refractivity contribution in [2.75, 3.05) is 14.2 Å². The summed E-state index contributed by atoms with van der Waals surface area (Å²) >= 11 is 0. The van der Waals surface area contributed by atoms with Crippen molar-refractivity contribution in [3.8, 4) is 34.1 Å². The first-order valence-electron chi connectivity index (χ1n) is 10.7. The highest BCUT2D eigenvalue weighted by molar-refractivity contribution is 5.84. The number of rotatable bonds is 7. The van der Waals surface area contributed by atoms with Crippen molar-refractivity contribution in [3.63, 3.8) is 0 Å². The zero-order chi connectivity index (χ0) is 27.7. The molecule has 3 aromatic carbocycles. The Kier molecular flexibility index (Phi) is 7.24. The van der Waals surface area contributed by atoms with Crippen LogP contribution in [0.4, 0.5) is 22.0 Å². The minimum absolute atomic E-state index is 0.0397. The van der Waals surface area contributed by atoms with Gasteiger partial charge in [-0.15, -0.1) is 0 Å². The first-order chi connectivity index (χ1) is 18.1. The fraction of sp³-hybridized carbons (Fsp3) is 0.154. The lowest BCUT2D eigenvalue weighted by Crippen LogP contribution is -2.29. The number of carbonyl (C=O) groups is 1. The number of benzene rings is 3. The van der Waals surface area contributed by atoms with Crippen LogP contribution in [0.15, 0.2) is 51.9 Å². The molecule has 4 aromatic rings. The number of esters is 1. The summed E-state index contributed by atoms with van der Waals surface area (Å²) in [6.45, 7) is 0.983. The van der Waals surface area contributed by atoms with Gasteiger partial charge in [0.25, 0.3) is 0 Å². The number of carbonyl (C=O) groups excluding carboxylic acids is 1. The van der Waals surface area contributed by atoms with Gasteiger partial charge in [0.15, 0.2) is 28.8 Å². The highest BCUT2D eigenvalue weighted by atomic mass is 19.2. The monoisotopic (exact) mass is 536 g/mol. The Bertz CT molecular complexity index is 1590. The molecule has 0 aliphatic carbocycles. The van der Waals surface area contributed by atoms with Crippen molar-refractivity contribution >= 4 is 16.9 Å². The van der Waals surface area contributed by atoms with E-state index in [-0.39, 0.29) is 22.3 Å². The summed E-state index contributed by atoms with van der Waals surface area (Å²) < 4.78 is 93.4. The molecule has 0 amide bonds. The van der Waals surface area contributed by atoms with Gasteiger partial charge in [-0.1, -0.05) is 6.07 Å². The summed E-state index contributed by atoms with van der Waals surface area (Å²) in [6, 6.07) is 8.64. The van der Waals surface area contributed by atoms with E-state index in [1.807, 2.05) is 0 Å². The van der Waals surface area contributed by atoms with E-state index in [9.17, 15) is 31.5 Å². The summed E-state index contributed by atoms with van der Waals surface area (Å²) in [4.78, 5) is 25.4. The topological polar surface area (TPSA) is 84.2 Å². The van der Waals surface area contributed by atoms with Crippen LogP contribution in [0.25, 0.3) is 22.1 Å². The zero-order valence-corrected chi connectivity index (χ0v) is 19.9. The molecule has 1 aromatic heterocycles. The van der Waals surface area contributed by atoms with Crippen LogP contribution < -0.4 is 24.4 Å². The molecule has 0 N–H and O–H groups in total. The van der Waals surface area contributed by atoms with Crippen molar-refractivity contribution in [2.24, 2.45) is 0 Å². The number of methoxy groups -OCH3 is 2. The van der Waals surface area contributed by atoms with Gasteiger partial charge in [-0.25, -0.2) is 18.0 Å². The van der Waals surface area contributed by atoms with E-state index in [4.69, 9.17) is 18.6 Å². The van der Waals surface area contributed by atoms with Crippen LogP contribution in [-0.4, -0.2) is 26.3 Å². The molecule has 0 saturated carbocycles. The average molecular weight is 536 g/mol. The maximum Gasteiger partial charge on any atom is 0.352 e. The molecule has 38 heavy (non-hydrogen) atoms. The molecule has 0 fully saturated rings. The highest BCUT2D eigenvalue weighted by Crippen LogP contribution is 2.33. The van der Waals surface area contributed by atoms with Crippen LogP contribution in [0, 0.1) is 29.1 Å². The standard InChI is InChI=1S/C26H17F5O7/c1-11(37-25-22(30)20(28)19(27)21(29)23(25)31)26(33)38-13-5-6-14-17(9-13)36-10-15(24(14)32)12-4-7-16(34-2)18(8-12)35-3/h4-11H,1-3H3. The largest absolute Gasteiger partial charge is 0.493 e. The van der Waals surface area contributed by atoms with Crippen molar-refractivity contribution in [3.05, 3.63) is 82.0 Å². The fourth-order valence-corrected chi connectivity index (χ4v) is 3.49. The summed E-state index contributed by atoms with van der Waals surface area (Å²) in [5, 5.41) is 0.141. The molecule has 7 nitrogen and oxygen atoms in total. The van der Waals surface area contributed by atoms with Gasteiger partial charge in [0, 0.05) is 6.07 Å². The minimum Gasteiger partial charge on any atom is -0.493 e. The molecule has 0 spiro atoms. The Labute approximate surface area is 210 Å². The van der Waals surface area contributed by atoms with Crippen molar-refractivity contribution < 1.29 is 50.1 Å². The quantitative estimate of drug-likeness (QED) is 0.101. The molecule has 1 unspecified atom stereocenters. The van der Waals surface area contributed by atoms with Gasteiger partial charge in [0.2, 0.25) is 29.1 Å². The zero-order valence-electron chi connectivity index (χ0n) is 19.9. The molecule has 0 aliphatic rings. The molecule has 1 heterocycles. The number of fused-ring (bicyclic) bond motifs is 1. The maximum absolute atomic E-state index is 13.8. The lowest BCUT2D eigenvalue weighted by Gasteiger charge is -2.15. The van der Waals surface area contributed by atoms with E-state index in [1.54, 1.807) is 18.2 Å². The Morgan fingerprint density at radius 2 is 1.47 bits per heavy atom. The Morgan fingerprint density at radius 1 is 0.842 bits per heavy atom. The molecular weight excluding hydrogens is 519 g/mol. The van der Waals surface area contributed by atoms with Crippen molar-refractivity contribution in [1.82, 2.24) is 0 Å². The summed E-state index contributed by atoms with van der Waals surface area (Å²) in [5.41, 5.74) is 0.346. The Morgan fingerprint density at radius 3 is 2.11 bits per heavy atom. The van der Waals surface area contributed by atoms with Crippen LogP contribution in [-0.2, 0) is 4.79 Å². The van der Waals surface area contributed by atoms with E-state index in [2.05, 4.69) is 4.74 Å². The number of ether oxygens (including phenoxy) is 4. The van der Waals surface area contributed by atoms with Crippen LogP contribution in [0.1, 0.15) is 6.92 Å². The van der Waals surface area contributed by atoms with Crippen LogP contribution in [0.3, 0.4) is 0 Å². The van der Waals surface area contributed by atoms with Gasteiger partial charge < -0.3 is 23.4 Å². The minimum atomic E-state index is -2.37. The summed E-state index contributed by atoms with van der Waals surface area (Å²) in [6.07, 6.45) is -0.578. The first-order valence-corrected chi connectivity index (χ1v) is 10.7. The molecule has 1 atom stereocenters. The average Bonchev–Trinajstić information content (AvgIpc) is 2.92. The molecule has 4 rings (SSSR count). The summed E-state index contributed by atoms with van der Waals surface area (Å²) in [7, 11) is 2.92. The Balaban J connectivity index is 1.57. The number of hydrogen-bond acceptors (Lipinski definition) is 7. The lowest BCUT2D eigenvalue weighted by molar-refractivity contribution is -0.141. The molecule has 0 bridgehead atoms. The SMILES string of the molecule is COc1ccc(-c2coc3cc(OC(=O)C(C)Oc4c(F)c(F)c(F)c(F)c4F)ccc3c2=O)cc1OC. The molecular formula is C26H17F5O7. The van der Waals surface area contributed by atoms with Gasteiger partial charge in [-0.3, -0.25) is 4.79 Å². The van der Waals surface area contributed by atoms with Gasteiger partial charge in [-0.2, -0.15) is 8.78 Å². The Hall–Kier alpha value is -4.61. The van der Waals surface area contributed by atoms with E-state index in [1.165, 1.54) is 38.7 Å².